The molecule has 0 saturated heterocycles. The Morgan fingerprint density at radius 2 is 1.97 bits per heavy atom. The Kier molecular flexibility index (Phi) is 5.62. The molecule has 1 aromatic rings. The predicted octanol–water partition coefficient (Wildman–Crippen LogP) is 1.28. The molecule has 0 aliphatic heterocycles. The zero-order chi connectivity index (χ0) is 25.4. The van der Waals surface area contributed by atoms with E-state index in [1.807, 2.05) is 0 Å². The molecule has 2 saturated carbocycles. The van der Waals surface area contributed by atoms with E-state index in [9.17, 15) is 35.1 Å². The summed E-state index contributed by atoms with van der Waals surface area (Å²) in [6.07, 6.45) is -0.752. The van der Waals surface area contributed by atoms with Crippen molar-refractivity contribution in [2.75, 3.05) is 13.7 Å². The summed E-state index contributed by atoms with van der Waals surface area (Å²) in [7, 11) is 1.36. The number of aromatic hydroxyl groups is 1. The Labute approximate surface area is 201 Å². The quantitative estimate of drug-likeness (QED) is 0.299. The normalized spacial score (nSPS) is 40.5. The largest absolute Gasteiger partial charge is 0.507 e. The highest BCUT2D eigenvalue weighted by Crippen LogP contribution is 2.69. The number of benzene rings is 1. The molecule has 0 aromatic heterocycles. The highest BCUT2D eigenvalue weighted by atomic mass is 35.5. The lowest BCUT2D eigenvalue weighted by Crippen LogP contribution is -2.76. The molecule has 186 valence electrons. The second-order valence-corrected chi connectivity index (χ2v) is 10.7. The third kappa shape index (κ3) is 2.94. The molecule has 7 atom stereocenters. The number of rotatable bonds is 5. The van der Waals surface area contributed by atoms with Crippen molar-refractivity contribution in [1.82, 2.24) is 0 Å². The van der Waals surface area contributed by atoms with E-state index in [4.69, 9.17) is 21.1 Å². The van der Waals surface area contributed by atoms with Crippen LogP contribution in [0.1, 0.15) is 42.6 Å². The molecule has 0 spiro atoms. The van der Waals surface area contributed by atoms with Gasteiger partial charge in [-0.25, -0.2) is 4.79 Å². The van der Waals surface area contributed by atoms with Gasteiger partial charge >= 0.3 is 5.97 Å². The molecule has 2 fully saturated rings. The third-order valence-corrected chi connectivity index (χ3v) is 8.81. The summed E-state index contributed by atoms with van der Waals surface area (Å²) >= 11 is 6.21. The van der Waals surface area contributed by atoms with Gasteiger partial charge in [0.1, 0.15) is 35.1 Å². The van der Waals surface area contributed by atoms with E-state index in [-0.39, 0.29) is 40.3 Å². The lowest BCUT2D eigenvalue weighted by Gasteiger charge is -2.66. The van der Waals surface area contributed by atoms with Crippen molar-refractivity contribution in [3.8, 4) is 11.5 Å². The first kappa shape index (κ1) is 24.9. The van der Waals surface area contributed by atoms with E-state index in [0.29, 0.717) is 6.29 Å². The number of aliphatic hydroxyl groups is 4. The van der Waals surface area contributed by atoms with Crippen LogP contribution in [-0.4, -0.2) is 74.9 Å². The Hall–Kier alpha value is -2.17. The van der Waals surface area contributed by atoms with Gasteiger partial charge in [-0.3, -0.25) is 4.79 Å². The number of carbonyl (C=O) groups excluding carboxylic acids is 2. The average molecular weight is 497 g/mol. The second-order valence-electron chi connectivity index (χ2n) is 10.3. The average Bonchev–Trinajstić information content (AvgIpc) is 2.99. The van der Waals surface area contributed by atoms with E-state index >= 15 is 0 Å². The van der Waals surface area contributed by atoms with Gasteiger partial charge < -0.3 is 35.0 Å². The number of hydrogen-bond acceptors (Lipinski definition) is 9. The first-order chi connectivity index (χ1) is 15.7. The van der Waals surface area contributed by atoms with Crippen molar-refractivity contribution >= 4 is 23.9 Å². The maximum Gasteiger partial charge on any atom is 0.342 e. The van der Waals surface area contributed by atoms with Crippen molar-refractivity contribution in [2.24, 2.45) is 16.7 Å². The number of hydrogen-bond donors (Lipinski definition) is 5. The smallest absolute Gasteiger partial charge is 0.342 e. The minimum atomic E-state index is -2.00. The molecule has 0 unspecified atom stereocenters. The Bertz CT molecular complexity index is 1100. The van der Waals surface area contributed by atoms with Gasteiger partial charge in [0, 0.05) is 28.4 Å². The number of aldehydes is 1. The molecule has 5 N–H and O–H groups in total. The van der Waals surface area contributed by atoms with Crippen LogP contribution < -0.4 is 4.74 Å². The van der Waals surface area contributed by atoms with Crippen molar-refractivity contribution in [2.45, 2.75) is 57.0 Å². The van der Waals surface area contributed by atoms with Crippen molar-refractivity contribution in [3.63, 3.8) is 0 Å². The van der Waals surface area contributed by atoms with Crippen LogP contribution in [0.2, 0.25) is 5.02 Å². The topological polar surface area (TPSA) is 154 Å². The van der Waals surface area contributed by atoms with Gasteiger partial charge in [0.2, 0.25) is 0 Å². The molecule has 0 bridgehead atoms. The summed E-state index contributed by atoms with van der Waals surface area (Å²) in [6, 6.07) is 1.17. The number of carbonyl (C=O) groups is 2. The van der Waals surface area contributed by atoms with Gasteiger partial charge in [-0.15, -0.1) is 0 Å². The van der Waals surface area contributed by atoms with Gasteiger partial charge in [0.15, 0.2) is 0 Å². The van der Waals surface area contributed by atoms with Crippen LogP contribution in [-0.2, 0) is 9.53 Å². The minimum absolute atomic E-state index is 0.00673. The number of aliphatic hydroxyl groups excluding tert-OH is 2. The molecule has 0 radical (unpaired) electrons. The fraction of sp³-hybridized carbons (Fsp3) is 0.583. The van der Waals surface area contributed by atoms with Gasteiger partial charge in [-0.1, -0.05) is 25.4 Å². The molecular formula is C24H29ClO9. The lowest BCUT2D eigenvalue weighted by molar-refractivity contribution is -0.273. The Morgan fingerprint density at radius 1 is 1.32 bits per heavy atom. The minimum Gasteiger partial charge on any atom is -0.507 e. The zero-order valence-corrected chi connectivity index (χ0v) is 20.1. The lowest BCUT2D eigenvalue weighted by atomic mass is 9.43. The molecule has 3 aliphatic rings. The summed E-state index contributed by atoms with van der Waals surface area (Å²) in [5.41, 5.74) is -6.08. The number of halogens is 1. The molecule has 4 rings (SSSR count). The number of esters is 1. The predicted molar refractivity (Wildman–Crippen MR) is 120 cm³/mol. The Morgan fingerprint density at radius 3 is 2.53 bits per heavy atom. The van der Waals surface area contributed by atoms with Crippen LogP contribution in [0, 0.1) is 23.7 Å². The van der Waals surface area contributed by atoms with Crippen LogP contribution in [0.4, 0.5) is 0 Å². The summed E-state index contributed by atoms with van der Waals surface area (Å²) < 4.78 is 10.6. The van der Waals surface area contributed by atoms with Gasteiger partial charge in [-0.2, -0.15) is 0 Å². The molecule has 34 heavy (non-hydrogen) atoms. The number of phenols is 1. The van der Waals surface area contributed by atoms with Gasteiger partial charge in [0.05, 0.1) is 30.4 Å². The zero-order valence-electron chi connectivity index (χ0n) is 19.3. The highest BCUT2D eigenvalue weighted by molar-refractivity contribution is 6.33. The molecule has 3 aliphatic carbocycles. The van der Waals surface area contributed by atoms with Gasteiger partial charge in [-0.05, 0) is 31.4 Å². The molecule has 0 heterocycles. The number of fused-ring (bicyclic) bond motifs is 3. The third-order valence-electron chi connectivity index (χ3n) is 8.34. The maximum atomic E-state index is 13.0. The molecule has 1 aromatic carbocycles. The van der Waals surface area contributed by atoms with Crippen LogP contribution in [0.3, 0.4) is 0 Å². The van der Waals surface area contributed by atoms with E-state index in [2.05, 4.69) is 0 Å². The van der Waals surface area contributed by atoms with Crippen molar-refractivity contribution in [3.05, 3.63) is 33.9 Å². The van der Waals surface area contributed by atoms with Crippen LogP contribution in [0.15, 0.2) is 17.7 Å². The standard InChI is InChI=1S/C24H29ClO9/c1-11-16(13(28)5-14(33-4)17(11)25)20(30)34-15-7-22(3)18-19(29)21(2,10-27)9-23(18,31)6-12(8-26)24(15,22)32/h5-6,8,15,18-19,27-29,31-32H,7,9-10H2,1-4H3/t15-,18-,19-,21-,22-,23+,24+/m1/s1. The number of phenolic OH excluding ortho intramolecular Hbond substituents is 1. The number of methoxy groups -OCH3 is 1. The van der Waals surface area contributed by atoms with E-state index < -0.39 is 58.5 Å². The fourth-order valence-corrected chi connectivity index (χ4v) is 6.73. The summed E-state index contributed by atoms with van der Waals surface area (Å²) in [4.78, 5) is 25.0. The van der Waals surface area contributed by atoms with Crippen LogP contribution in [0.5, 0.6) is 11.5 Å². The first-order valence-corrected chi connectivity index (χ1v) is 11.3. The highest BCUT2D eigenvalue weighted by Gasteiger charge is 2.78. The maximum absolute atomic E-state index is 13.0. The van der Waals surface area contributed by atoms with E-state index in [0.717, 1.165) is 0 Å². The Balaban J connectivity index is 1.72. The van der Waals surface area contributed by atoms with Gasteiger partial charge in [0.25, 0.3) is 0 Å². The molecule has 0 amide bonds. The van der Waals surface area contributed by atoms with Crippen molar-refractivity contribution in [1.29, 1.82) is 0 Å². The monoisotopic (exact) mass is 496 g/mol. The van der Waals surface area contributed by atoms with E-state index in [1.165, 1.54) is 26.2 Å². The van der Waals surface area contributed by atoms with Crippen molar-refractivity contribution < 1.29 is 44.6 Å². The van der Waals surface area contributed by atoms with Crippen LogP contribution in [0.25, 0.3) is 0 Å². The van der Waals surface area contributed by atoms with Crippen LogP contribution >= 0.6 is 11.6 Å². The van der Waals surface area contributed by atoms with E-state index in [1.54, 1.807) is 13.8 Å². The summed E-state index contributed by atoms with van der Waals surface area (Å²) in [5, 5.41) is 54.5. The number of ether oxygens (including phenoxy) is 2. The fourth-order valence-electron chi connectivity index (χ4n) is 6.50. The molecular weight excluding hydrogens is 468 g/mol. The summed E-state index contributed by atoms with van der Waals surface area (Å²) in [6.45, 7) is 4.34. The molecule has 10 heteroatoms. The second kappa shape index (κ2) is 7.66. The molecule has 9 nitrogen and oxygen atoms in total. The first-order valence-electron chi connectivity index (χ1n) is 10.9. The SMILES string of the molecule is COc1cc(O)c(C(=O)O[C@@H]2C[C@]3(C)[C@H]4[C@@H](O)[C@@](C)(CO)C[C@@]4(O)C=C(C=O)[C@]23O)c(C)c1Cl. The summed E-state index contributed by atoms with van der Waals surface area (Å²) in [5.74, 6) is -2.14.